The lowest BCUT2D eigenvalue weighted by Crippen LogP contribution is -2.10. The van der Waals surface area contributed by atoms with Crippen molar-refractivity contribution in [2.75, 3.05) is 0 Å². The summed E-state index contributed by atoms with van der Waals surface area (Å²) in [6, 6.07) is 10.5. The molecule has 13 heavy (non-hydrogen) atoms. The molecule has 0 nitrogen and oxygen atoms in total. The van der Waals surface area contributed by atoms with Crippen LogP contribution >= 0.6 is 31.9 Å². The van der Waals surface area contributed by atoms with Gasteiger partial charge in [0.25, 0.3) is 0 Å². The van der Waals surface area contributed by atoms with Crippen LogP contribution in [-0.2, 0) is 5.41 Å². The topological polar surface area (TPSA) is 0 Å². The van der Waals surface area contributed by atoms with Gasteiger partial charge in [0.15, 0.2) is 0 Å². The SMILES string of the molecule is C=CC1(c2ccccc2)CC1(Br)Br. The molecular weight excluding hydrogens is 292 g/mol. The highest BCUT2D eigenvalue weighted by atomic mass is 79.9. The normalized spacial score (nSPS) is 29.7. The number of rotatable bonds is 2. The summed E-state index contributed by atoms with van der Waals surface area (Å²) in [7, 11) is 0. The van der Waals surface area contributed by atoms with Crippen molar-refractivity contribution >= 4 is 31.9 Å². The van der Waals surface area contributed by atoms with E-state index in [9.17, 15) is 0 Å². The fourth-order valence-electron chi connectivity index (χ4n) is 1.69. The number of alkyl halides is 2. The average Bonchev–Trinajstić information content (AvgIpc) is 2.72. The zero-order chi connectivity index (χ0) is 9.53. The first-order valence-corrected chi connectivity index (χ1v) is 5.78. The fourth-order valence-corrected chi connectivity index (χ4v) is 3.36. The highest BCUT2D eigenvalue weighted by Crippen LogP contribution is 2.67. The number of halogens is 2. The molecule has 0 aromatic heterocycles. The number of hydrogen-bond donors (Lipinski definition) is 0. The maximum Gasteiger partial charge on any atom is 0.0949 e. The van der Waals surface area contributed by atoms with Crippen molar-refractivity contribution in [2.45, 2.75) is 15.1 Å². The molecule has 1 aliphatic carbocycles. The quantitative estimate of drug-likeness (QED) is 0.572. The van der Waals surface area contributed by atoms with Crippen LogP contribution in [0.4, 0.5) is 0 Å². The van der Waals surface area contributed by atoms with Gasteiger partial charge in [0.05, 0.1) is 3.23 Å². The van der Waals surface area contributed by atoms with Crippen molar-refractivity contribution < 1.29 is 0 Å². The van der Waals surface area contributed by atoms with E-state index in [1.54, 1.807) is 0 Å². The molecule has 1 fully saturated rings. The van der Waals surface area contributed by atoms with Gasteiger partial charge in [-0.25, -0.2) is 0 Å². The maximum absolute atomic E-state index is 3.91. The Bertz CT molecular complexity index is 329. The molecular formula is C11H10Br2. The Morgan fingerprint density at radius 1 is 1.23 bits per heavy atom. The summed E-state index contributed by atoms with van der Waals surface area (Å²) in [5, 5.41) is 0. The molecule has 2 heteroatoms. The molecule has 0 radical (unpaired) electrons. The van der Waals surface area contributed by atoms with Crippen LogP contribution < -0.4 is 0 Å². The minimum atomic E-state index is 0.0239. The molecule has 1 aromatic rings. The number of hydrogen-bond acceptors (Lipinski definition) is 0. The van der Waals surface area contributed by atoms with Crippen LogP contribution in [0.1, 0.15) is 12.0 Å². The Balaban J connectivity index is 2.42. The smallest absolute Gasteiger partial charge is 0.0949 e. The second-order valence-corrected chi connectivity index (χ2v) is 7.19. The van der Waals surface area contributed by atoms with Crippen molar-refractivity contribution in [2.24, 2.45) is 0 Å². The minimum Gasteiger partial charge on any atom is -0.102 e. The van der Waals surface area contributed by atoms with E-state index in [2.05, 4.69) is 62.7 Å². The van der Waals surface area contributed by atoms with Gasteiger partial charge in [0.1, 0.15) is 0 Å². The second-order valence-electron chi connectivity index (χ2n) is 3.42. The van der Waals surface area contributed by atoms with E-state index < -0.39 is 0 Å². The Morgan fingerprint density at radius 2 is 1.77 bits per heavy atom. The Kier molecular flexibility index (Phi) is 2.16. The molecule has 1 aromatic carbocycles. The van der Waals surface area contributed by atoms with E-state index in [1.807, 2.05) is 12.1 Å². The molecule has 0 spiro atoms. The lowest BCUT2D eigenvalue weighted by atomic mass is 9.96. The average molecular weight is 302 g/mol. The summed E-state index contributed by atoms with van der Waals surface area (Å²) in [4.78, 5) is 0. The monoisotopic (exact) mass is 300 g/mol. The van der Waals surface area contributed by atoms with Crippen LogP contribution in [0.15, 0.2) is 43.0 Å². The van der Waals surface area contributed by atoms with E-state index >= 15 is 0 Å². The number of benzene rings is 1. The maximum atomic E-state index is 3.91. The van der Waals surface area contributed by atoms with Gasteiger partial charge in [-0.05, 0) is 12.0 Å². The van der Waals surface area contributed by atoms with Gasteiger partial charge >= 0.3 is 0 Å². The first-order chi connectivity index (χ1) is 6.12. The first kappa shape index (κ1) is 9.47. The minimum absolute atomic E-state index is 0.0239. The third kappa shape index (κ3) is 1.31. The van der Waals surface area contributed by atoms with Crippen LogP contribution in [0, 0.1) is 0 Å². The molecule has 0 amide bonds. The predicted octanol–water partition coefficient (Wildman–Crippen LogP) is 4.00. The molecule has 68 valence electrons. The molecule has 0 N–H and O–H groups in total. The zero-order valence-corrected chi connectivity index (χ0v) is 10.3. The first-order valence-electron chi connectivity index (χ1n) is 4.19. The summed E-state index contributed by atoms with van der Waals surface area (Å²) >= 11 is 7.30. The van der Waals surface area contributed by atoms with Crippen LogP contribution in [0.3, 0.4) is 0 Å². The summed E-state index contributed by atoms with van der Waals surface area (Å²) < 4.78 is 0.0239. The molecule has 1 atom stereocenters. The van der Waals surface area contributed by atoms with Gasteiger partial charge in [0, 0.05) is 5.41 Å². The highest BCUT2D eigenvalue weighted by molar-refractivity contribution is 9.25. The molecule has 1 saturated carbocycles. The van der Waals surface area contributed by atoms with Gasteiger partial charge in [-0.15, -0.1) is 6.58 Å². The lowest BCUT2D eigenvalue weighted by Gasteiger charge is -2.13. The van der Waals surface area contributed by atoms with Gasteiger partial charge in [0.2, 0.25) is 0 Å². The third-order valence-electron chi connectivity index (χ3n) is 2.67. The molecule has 2 rings (SSSR count). The highest BCUT2D eigenvalue weighted by Gasteiger charge is 2.63. The van der Waals surface area contributed by atoms with Gasteiger partial charge in [-0.3, -0.25) is 0 Å². The van der Waals surface area contributed by atoms with Crippen molar-refractivity contribution in [3.63, 3.8) is 0 Å². The van der Waals surface area contributed by atoms with Crippen LogP contribution in [0.25, 0.3) is 0 Å². The molecule has 1 aliphatic rings. The molecule has 0 saturated heterocycles. The van der Waals surface area contributed by atoms with Gasteiger partial charge < -0.3 is 0 Å². The largest absolute Gasteiger partial charge is 0.102 e. The van der Waals surface area contributed by atoms with E-state index in [4.69, 9.17) is 0 Å². The fraction of sp³-hybridized carbons (Fsp3) is 0.273. The van der Waals surface area contributed by atoms with E-state index in [1.165, 1.54) is 5.56 Å². The summed E-state index contributed by atoms with van der Waals surface area (Å²) in [5.41, 5.74) is 1.40. The molecule has 0 aliphatic heterocycles. The molecule has 1 unspecified atom stereocenters. The van der Waals surface area contributed by atoms with Crippen molar-refractivity contribution in [3.05, 3.63) is 48.6 Å². The van der Waals surface area contributed by atoms with Crippen molar-refractivity contribution in [1.29, 1.82) is 0 Å². The molecule has 0 bridgehead atoms. The van der Waals surface area contributed by atoms with E-state index in [0.717, 1.165) is 6.42 Å². The van der Waals surface area contributed by atoms with Gasteiger partial charge in [-0.1, -0.05) is 68.3 Å². The van der Waals surface area contributed by atoms with Crippen molar-refractivity contribution in [3.8, 4) is 0 Å². The summed E-state index contributed by atoms with van der Waals surface area (Å²) in [6.45, 7) is 3.91. The van der Waals surface area contributed by atoms with E-state index in [0.29, 0.717) is 0 Å². The molecule has 0 heterocycles. The standard InChI is InChI=1S/C11H10Br2/c1-2-10(8-11(10,12)13)9-6-4-3-5-7-9/h2-7H,1,8H2. The Hall–Kier alpha value is -0.0800. The summed E-state index contributed by atoms with van der Waals surface area (Å²) in [5.74, 6) is 0. The number of allylic oxidation sites excluding steroid dienone is 1. The predicted molar refractivity (Wildman–Crippen MR) is 63.5 cm³/mol. The van der Waals surface area contributed by atoms with Crippen LogP contribution in [0.5, 0.6) is 0 Å². The summed E-state index contributed by atoms with van der Waals surface area (Å²) in [6.07, 6.45) is 3.08. The third-order valence-corrected chi connectivity index (χ3v) is 4.64. The Morgan fingerprint density at radius 3 is 2.15 bits per heavy atom. The van der Waals surface area contributed by atoms with Crippen molar-refractivity contribution in [1.82, 2.24) is 0 Å². The van der Waals surface area contributed by atoms with Crippen LogP contribution in [-0.4, -0.2) is 3.23 Å². The van der Waals surface area contributed by atoms with E-state index in [-0.39, 0.29) is 8.65 Å². The second kappa shape index (κ2) is 2.96. The van der Waals surface area contributed by atoms with Crippen LogP contribution in [0.2, 0.25) is 0 Å². The Labute approximate surface area is 95.3 Å². The lowest BCUT2D eigenvalue weighted by molar-refractivity contribution is 0.893. The van der Waals surface area contributed by atoms with Gasteiger partial charge in [-0.2, -0.15) is 0 Å². The zero-order valence-electron chi connectivity index (χ0n) is 7.13.